The molecule has 3 aromatic rings. The van der Waals surface area contributed by atoms with E-state index in [2.05, 4.69) is 25.5 Å². The maximum absolute atomic E-state index is 11.5. The van der Waals surface area contributed by atoms with Crippen molar-refractivity contribution in [2.75, 3.05) is 5.32 Å². The summed E-state index contributed by atoms with van der Waals surface area (Å²) in [7, 11) is 1.72. The van der Waals surface area contributed by atoms with Crippen LogP contribution in [0.25, 0.3) is 11.1 Å². The number of aryl methyl sites for hydroxylation is 2. The van der Waals surface area contributed by atoms with Crippen molar-refractivity contribution in [3.05, 3.63) is 30.0 Å². The van der Waals surface area contributed by atoms with Gasteiger partial charge >= 0.3 is 5.97 Å². The molecule has 0 aliphatic carbocycles. The van der Waals surface area contributed by atoms with Crippen molar-refractivity contribution >= 4 is 22.9 Å². The van der Waals surface area contributed by atoms with Gasteiger partial charge in [0.05, 0.1) is 11.9 Å². The predicted molar refractivity (Wildman–Crippen MR) is 71.5 cm³/mol. The molecule has 0 bridgehead atoms. The van der Waals surface area contributed by atoms with Crippen LogP contribution < -0.4 is 5.32 Å². The second-order valence-electron chi connectivity index (χ2n) is 4.53. The Labute approximate surface area is 118 Å². The number of carbonyl (C=O) groups is 1. The van der Waals surface area contributed by atoms with Gasteiger partial charge in [-0.15, -0.1) is 0 Å². The smallest absolute Gasteiger partial charge is 0.330 e. The molecule has 0 radical (unpaired) electrons. The van der Waals surface area contributed by atoms with E-state index < -0.39 is 12.0 Å². The first kappa shape index (κ1) is 13.0. The number of rotatable bonds is 4. The van der Waals surface area contributed by atoms with Crippen molar-refractivity contribution in [2.24, 2.45) is 7.05 Å². The quantitative estimate of drug-likeness (QED) is 0.726. The fraction of sp³-hybridized carbons (Fsp3) is 0.250. The van der Waals surface area contributed by atoms with Crippen LogP contribution in [-0.4, -0.2) is 36.0 Å². The molecule has 0 aliphatic rings. The number of aliphatic carboxylic acids is 1. The summed E-state index contributed by atoms with van der Waals surface area (Å²) in [5, 5.41) is 20.6. The van der Waals surface area contributed by atoms with E-state index in [4.69, 9.17) is 4.52 Å². The van der Waals surface area contributed by atoms with Gasteiger partial charge < -0.3 is 14.9 Å². The number of carboxylic acids is 1. The molecule has 108 valence electrons. The van der Waals surface area contributed by atoms with E-state index in [9.17, 15) is 9.90 Å². The number of hydrogen-bond acceptors (Lipinski definition) is 7. The summed E-state index contributed by atoms with van der Waals surface area (Å²) < 4.78 is 6.57. The highest BCUT2D eigenvalue weighted by Gasteiger charge is 2.24. The highest BCUT2D eigenvalue weighted by atomic mass is 16.5. The van der Waals surface area contributed by atoms with E-state index in [0.717, 1.165) is 0 Å². The Kier molecular flexibility index (Phi) is 3.01. The van der Waals surface area contributed by atoms with E-state index in [-0.39, 0.29) is 0 Å². The number of nitrogens with one attached hydrogen (secondary N) is 1. The van der Waals surface area contributed by atoms with Gasteiger partial charge in [0, 0.05) is 18.8 Å². The summed E-state index contributed by atoms with van der Waals surface area (Å²) in [6.07, 6.45) is 4.41. The van der Waals surface area contributed by atoms with Gasteiger partial charge in [-0.25, -0.2) is 9.78 Å². The second-order valence-corrected chi connectivity index (χ2v) is 4.53. The van der Waals surface area contributed by atoms with Crippen LogP contribution in [0.5, 0.6) is 0 Å². The van der Waals surface area contributed by atoms with E-state index in [1.54, 1.807) is 20.2 Å². The Morgan fingerprint density at radius 3 is 2.95 bits per heavy atom. The molecule has 2 N–H and O–H groups in total. The zero-order chi connectivity index (χ0) is 15.0. The summed E-state index contributed by atoms with van der Waals surface area (Å²) in [5.41, 5.74) is 1.41. The molecule has 0 fully saturated rings. The molecule has 3 rings (SSSR count). The maximum Gasteiger partial charge on any atom is 0.330 e. The van der Waals surface area contributed by atoms with Crippen LogP contribution in [0.15, 0.2) is 23.2 Å². The Morgan fingerprint density at radius 1 is 1.48 bits per heavy atom. The largest absolute Gasteiger partial charge is 0.479 e. The molecule has 0 spiro atoms. The van der Waals surface area contributed by atoms with Gasteiger partial charge in [-0.3, -0.25) is 4.68 Å². The Bertz CT molecular complexity index is 808. The monoisotopic (exact) mass is 288 g/mol. The van der Waals surface area contributed by atoms with Crippen molar-refractivity contribution in [1.29, 1.82) is 0 Å². The molecule has 0 amide bonds. The highest BCUT2D eigenvalue weighted by molar-refractivity contribution is 5.89. The molecule has 0 aromatic carbocycles. The van der Waals surface area contributed by atoms with Crippen molar-refractivity contribution in [3.63, 3.8) is 0 Å². The fourth-order valence-corrected chi connectivity index (χ4v) is 2.05. The van der Waals surface area contributed by atoms with Crippen molar-refractivity contribution in [2.45, 2.75) is 13.0 Å². The Hall–Kier alpha value is -2.97. The van der Waals surface area contributed by atoms with Crippen LogP contribution >= 0.6 is 0 Å². The number of nitrogens with zero attached hydrogens (tertiary/aromatic N) is 5. The molecule has 0 saturated heterocycles. The first-order chi connectivity index (χ1) is 10.1. The zero-order valence-electron chi connectivity index (χ0n) is 11.3. The predicted octanol–water partition coefficient (Wildman–Crippen LogP) is 0.898. The van der Waals surface area contributed by atoms with Crippen LogP contribution in [0.2, 0.25) is 0 Å². The van der Waals surface area contributed by atoms with Gasteiger partial charge in [-0.1, -0.05) is 5.16 Å². The lowest BCUT2D eigenvalue weighted by atomic mass is 10.1. The van der Waals surface area contributed by atoms with Gasteiger partial charge in [0.1, 0.15) is 17.5 Å². The molecule has 1 unspecified atom stereocenters. The summed E-state index contributed by atoms with van der Waals surface area (Å²) in [6.45, 7) is 1.74. The molecule has 0 saturated carbocycles. The Morgan fingerprint density at radius 2 is 2.29 bits per heavy atom. The molecular formula is C12H12N6O3. The third-order valence-electron chi connectivity index (χ3n) is 3.03. The number of carboxylic acid groups (broad SMARTS) is 1. The zero-order valence-corrected chi connectivity index (χ0v) is 11.3. The van der Waals surface area contributed by atoms with Crippen molar-refractivity contribution in [1.82, 2.24) is 24.9 Å². The van der Waals surface area contributed by atoms with Gasteiger partial charge in [-0.2, -0.15) is 10.1 Å². The molecule has 21 heavy (non-hydrogen) atoms. The normalized spacial score (nSPS) is 12.5. The SMILES string of the molecule is Cc1noc2ncnc(NC(C(=O)O)c3cnn(C)c3)c12. The van der Waals surface area contributed by atoms with Gasteiger partial charge in [0.2, 0.25) is 0 Å². The van der Waals surface area contributed by atoms with Crippen LogP contribution in [0.4, 0.5) is 5.82 Å². The molecule has 1 atom stereocenters. The van der Waals surface area contributed by atoms with Crippen LogP contribution in [-0.2, 0) is 11.8 Å². The van der Waals surface area contributed by atoms with Gasteiger partial charge in [0.25, 0.3) is 5.71 Å². The summed E-state index contributed by atoms with van der Waals surface area (Å²) in [4.78, 5) is 19.5. The lowest BCUT2D eigenvalue weighted by Crippen LogP contribution is -2.21. The van der Waals surface area contributed by atoms with Gasteiger partial charge in [-0.05, 0) is 6.92 Å². The lowest BCUT2D eigenvalue weighted by molar-refractivity contribution is -0.138. The maximum atomic E-state index is 11.5. The topological polar surface area (TPSA) is 119 Å². The molecular weight excluding hydrogens is 276 g/mol. The van der Waals surface area contributed by atoms with E-state index >= 15 is 0 Å². The summed E-state index contributed by atoms with van der Waals surface area (Å²) in [6, 6.07) is -0.980. The van der Waals surface area contributed by atoms with E-state index in [1.807, 2.05) is 0 Å². The minimum atomic E-state index is -1.04. The number of hydrogen-bond donors (Lipinski definition) is 2. The number of anilines is 1. The summed E-state index contributed by atoms with van der Waals surface area (Å²) >= 11 is 0. The van der Waals surface area contributed by atoms with Crippen molar-refractivity contribution < 1.29 is 14.4 Å². The molecule has 3 heterocycles. The highest BCUT2D eigenvalue weighted by Crippen LogP contribution is 2.26. The van der Waals surface area contributed by atoms with E-state index in [0.29, 0.717) is 28.2 Å². The second kappa shape index (κ2) is 4.85. The van der Waals surface area contributed by atoms with Crippen LogP contribution in [0.3, 0.4) is 0 Å². The number of fused-ring (bicyclic) bond motifs is 1. The first-order valence-corrected chi connectivity index (χ1v) is 6.11. The average molecular weight is 288 g/mol. The van der Waals surface area contributed by atoms with Gasteiger partial charge in [0.15, 0.2) is 6.04 Å². The molecule has 0 aliphatic heterocycles. The molecule has 9 heteroatoms. The van der Waals surface area contributed by atoms with Crippen LogP contribution in [0, 0.1) is 6.92 Å². The lowest BCUT2D eigenvalue weighted by Gasteiger charge is -2.13. The minimum absolute atomic E-state index is 0.306. The first-order valence-electron chi connectivity index (χ1n) is 6.11. The third-order valence-corrected chi connectivity index (χ3v) is 3.03. The fourth-order valence-electron chi connectivity index (χ4n) is 2.05. The third kappa shape index (κ3) is 2.29. The number of aromatic nitrogens is 5. The van der Waals surface area contributed by atoms with Crippen molar-refractivity contribution in [3.8, 4) is 0 Å². The molecule has 3 aromatic heterocycles. The summed E-state index contributed by atoms with van der Waals surface area (Å²) in [5.74, 6) is -0.682. The standard InChI is InChI=1S/C12H12N6O3/c1-6-8-10(13-5-14-11(8)21-17-6)16-9(12(19)20)7-3-15-18(2)4-7/h3-5,9H,1-2H3,(H,19,20)(H,13,14,16). The average Bonchev–Trinajstić information content (AvgIpc) is 3.03. The van der Waals surface area contributed by atoms with Crippen LogP contribution in [0.1, 0.15) is 17.3 Å². The van der Waals surface area contributed by atoms with E-state index in [1.165, 1.54) is 17.2 Å². The Balaban J connectivity index is 2.02. The minimum Gasteiger partial charge on any atom is -0.479 e. The molecule has 9 nitrogen and oxygen atoms in total.